The lowest BCUT2D eigenvalue weighted by atomic mass is 9.77. The fourth-order valence-corrected chi connectivity index (χ4v) is 6.78. The standard InChI is InChI=1S/C28H46N2O3/c1-20(31)33-24-16-27(6,7)30(28(8,9)17-24)19-22-12-10-21(11-13-22)18-29-25(2,3)14-23(32)15-26(29,4)5/h10-13,23-24,32H,14-19H2,1-9H3. The molecule has 2 saturated heterocycles. The van der Waals surface area contributed by atoms with Gasteiger partial charge < -0.3 is 9.84 Å². The predicted molar refractivity (Wildman–Crippen MR) is 134 cm³/mol. The van der Waals surface area contributed by atoms with Gasteiger partial charge in [-0.1, -0.05) is 24.3 Å². The largest absolute Gasteiger partial charge is 0.462 e. The molecule has 5 heteroatoms. The Bertz CT molecular complexity index is 805. The van der Waals surface area contributed by atoms with Crippen molar-refractivity contribution in [3.05, 3.63) is 35.4 Å². The Morgan fingerprint density at radius 2 is 1.12 bits per heavy atom. The quantitative estimate of drug-likeness (QED) is 0.608. The van der Waals surface area contributed by atoms with E-state index in [1.165, 1.54) is 18.1 Å². The van der Waals surface area contributed by atoms with Gasteiger partial charge in [-0.2, -0.15) is 0 Å². The second-order valence-electron chi connectivity index (χ2n) is 12.9. The second kappa shape index (κ2) is 8.98. The molecule has 0 atom stereocenters. The summed E-state index contributed by atoms with van der Waals surface area (Å²) < 4.78 is 5.60. The first-order valence-corrected chi connectivity index (χ1v) is 12.5. The maximum Gasteiger partial charge on any atom is 0.302 e. The molecular weight excluding hydrogens is 412 g/mol. The van der Waals surface area contributed by atoms with Gasteiger partial charge in [-0.3, -0.25) is 14.6 Å². The number of aliphatic hydroxyl groups excluding tert-OH is 1. The summed E-state index contributed by atoms with van der Waals surface area (Å²) in [4.78, 5) is 16.6. The first-order chi connectivity index (χ1) is 15.0. The minimum absolute atomic E-state index is 0.0269. The lowest BCUT2D eigenvalue weighted by Crippen LogP contribution is -2.61. The zero-order chi connectivity index (χ0) is 24.8. The Labute approximate surface area is 201 Å². The first kappa shape index (κ1) is 26.2. The summed E-state index contributed by atoms with van der Waals surface area (Å²) in [6, 6.07) is 9.05. The van der Waals surface area contributed by atoms with E-state index in [-0.39, 0.29) is 40.3 Å². The topological polar surface area (TPSA) is 53.0 Å². The van der Waals surface area contributed by atoms with Gasteiger partial charge in [0.2, 0.25) is 0 Å². The minimum atomic E-state index is -0.231. The van der Waals surface area contributed by atoms with E-state index in [4.69, 9.17) is 4.74 Å². The predicted octanol–water partition coefficient (Wildman–Crippen LogP) is 5.29. The molecule has 2 fully saturated rings. The highest BCUT2D eigenvalue weighted by molar-refractivity contribution is 5.66. The van der Waals surface area contributed by atoms with Crippen LogP contribution in [0.3, 0.4) is 0 Å². The van der Waals surface area contributed by atoms with Crippen LogP contribution in [-0.4, -0.2) is 55.2 Å². The van der Waals surface area contributed by atoms with Gasteiger partial charge in [0.05, 0.1) is 6.10 Å². The lowest BCUT2D eigenvalue weighted by molar-refractivity contribution is -0.158. The van der Waals surface area contributed by atoms with Crippen molar-refractivity contribution >= 4 is 5.97 Å². The van der Waals surface area contributed by atoms with Crippen LogP contribution in [0.1, 0.15) is 99.1 Å². The summed E-state index contributed by atoms with van der Waals surface area (Å²) >= 11 is 0. The van der Waals surface area contributed by atoms with Gasteiger partial charge in [-0.05, 0) is 79.4 Å². The maximum atomic E-state index is 11.5. The van der Waals surface area contributed by atoms with Crippen LogP contribution < -0.4 is 0 Å². The van der Waals surface area contributed by atoms with Crippen LogP contribution in [-0.2, 0) is 22.6 Å². The number of hydrogen-bond acceptors (Lipinski definition) is 5. The van der Waals surface area contributed by atoms with Crippen LogP contribution in [0.25, 0.3) is 0 Å². The molecule has 2 aliphatic rings. The third-order valence-electron chi connectivity index (χ3n) is 7.88. The Balaban J connectivity index is 1.72. The molecule has 0 radical (unpaired) electrons. The van der Waals surface area contributed by atoms with E-state index in [0.29, 0.717) is 0 Å². The van der Waals surface area contributed by atoms with Gasteiger partial charge >= 0.3 is 5.97 Å². The molecule has 0 aliphatic carbocycles. The number of nitrogens with zero attached hydrogens (tertiary/aromatic N) is 2. The molecule has 186 valence electrons. The number of likely N-dealkylation sites (tertiary alicyclic amines) is 2. The number of carbonyl (C=O) groups excluding carboxylic acids is 1. The molecule has 0 saturated carbocycles. The third kappa shape index (κ3) is 5.98. The molecule has 0 bridgehead atoms. The first-order valence-electron chi connectivity index (χ1n) is 12.5. The zero-order valence-electron chi connectivity index (χ0n) is 22.4. The number of esters is 1. The van der Waals surface area contributed by atoms with Crippen molar-refractivity contribution < 1.29 is 14.6 Å². The van der Waals surface area contributed by atoms with Crippen LogP contribution >= 0.6 is 0 Å². The van der Waals surface area contributed by atoms with Gasteiger partial charge in [-0.15, -0.1) is 0 Å². The van der Waals surface area contributed by atoms with Crippen LogP contribution in [0, 0.1) is 0 Å². The normalized spacial score (nSPS) is 25.6. The van der Waals surface area contributed by atoms with Crippen LogP contribution in [0.4, 0.5) is 0 Å². The van der Waals surface area contributed by atoms with Crippen molar-refractivity contribution in [1.29, 1.82) is 0 Å². The third-order valence-corrected chi connectivity index (χ3v) is 7.88. The number of benzene rings is 1. The number of carbonyl (C=O) groups is 1. The van der Waals surface area contributed by atoms with Crippen molar-refractivity contribution in [2.24, 2.45) is 0 Å². The Morgan fingerprint density at radius 1 is 0.788 bits per heavy atom. The number of hydrogen-bond donors (Lipinski definition) is 1. The molecule has 0 unspecified atom stereocenters. The monoisotopic (exact) mass is 458 g/mol. The van der Waals surface area contributed by atoms with Gasteiger partial charge in [0.1, 0.15) is 6.10 Å². The van der Waals surface area contributed by atoms with E-state index in [0.717, 1.165) is 38.8 Å². The molecule has 0 spiro atoms. The van der Waals surface area contributed by atoms with E-state index in [9.17, 15) is 9.90 Å². The maximum absolute atomic E-state index is 11.5. The van der Waals surface area contributed by atoms with Gasteiger partial charge in [0.25, 0.3) is 0 Å². The SMILES string of the molecule is CC(=O)OC1CC(C)(C)N(Cc2ccc(CN3C(C)(C)CC(O)CC3(C)C)cc2)C(C)(C)C1. The highest BCUT2D eigenvalue weighted by atomic mass is 16.5. The van der Waals surface area contributed by atoms with Gasteiger partial charge in [0.15, 0.2) is 0 Å². The molecule has 0 amide bonds. The highest BCUT2D eigenvalue weighted by Crippen LogP contribution is 2.41. The van der Waals surface area contributed by atoms with E-state index >= 15 is 0 Å². The molecule has 2 aliphatic heterocycles. The number of aliphatic hydroxyl groups is 1. The van der Waals surface area contributed by atoms with Crippen molar-refractivity contribution in [3.63, 3.8) is 0 Å². The Hall–Kier alpha value is -1.43. The summed E-state index contributed by atoms with van der Waals surface area (Å²) in [5, 5.41) is 10.3. The summed E-state index contributed by atoms with van der Waals surface area (Å²) in [7, 11) is 0. The fraction of sp³-hybridized carbons (Fsp3) is 0.750. The van der Waals surface area contributed by atoms with Gasteiger partial charge in [0, 0.05) is 55.0 Å². The second-order valence-corrected chi connectivity index (χ2v) is 12.9. The highest BCUT2D eigenvalue weighted by Gasteiger charge is 2.47. The zero-order valence-corrected chi connectivity index (χ0v) is 22.4. The molecule has 0 aromatic heterocycles. The minimum Gasteiger partial charge on any atom is -0.462 e. The van der Waals surface area contributed by atoms with E-state index < -0.39 is 0 Å². The molecule has 2 heterocycles. The molecular formula is C28H46N2O3. The molecule has 3 rings (SSSR count). The summed E-state index contributed by atoms with van der Waals surface area (Å²) in [6.45, 7) is 21.3. The molecule has 33 heavy (non-hydrogen) atoms. The van der Waals surface area contributed by atoms with E-state index in [1.807, 2.05) is 0 Å². The average Bonchev–Trinajstić information content (AvgIpc) is 2.60. The molecule has 1 aromatic carbocycles. The number of rotatable bonds is 5. The smallest absolute Gasteiger partial charge is 0.302 e. The molecule has 1 aromatic rings. The van der Waals surface area contributed by atoms with Crippen molar-refractivity contribution in [2.45, 2.75) is 135 Å². The van der Waals surface area contributed by atoms with Crippen molar-refractivity contribution in [2.75, 3.05) is 0 Å². The van der Waals surface area contributed by atoms with E-state index in [1.54, 1.807) is 0 Å². The Kier molecular flexibility index (Phi) is 7.12. The van der Waals surface area contributed by atoms with Crippen LogP contribution in [0.15, 0.2) is 24.3 Å². The Morgan fingerprint density at radius 3 is 1.45 bits per heavy atom. The van der Waals surface area contributed by atoms with E-state index in [2.05, 4.69) is 89.5 Å². The molecule has 1 N–H and O–H groups in total. The summed E-state index contributed by atoms with van der Waals surface area (Å²) in [5.74, 6) is -0.190. The van der Waals surface area contributed by atoms with Gasteiger partial charge in [-0.25, -0.2) is 0 Å². The number of ether oxygens (including phenoxy) is 1. The van der Waals surface area contributed by atoms with Crippen molar-refractivity contribution in [1.82, 2.24) is 9.80 Å². The number of piperidine rings is 2. The fourth-order valence-electron chi connectivity index (χ4n) is 6.78. The average molecular weight is 459 g/mol. The summed E-state index contributed by atoms with van der Waals surface area (Å²) in [5.41, 5.74) is 2.40. The van der Waals surface area contributed by atoms with Crippen LogP contribution in [0.5, 0.6) is 0 Å². The molecule has 5 nitrogen and oxygen atoms in total. The summed E-state index contributed by atoms with van der Waals surface area (Å²) in [6.07, 6.45) is 3.05. The van der Waals surface area contributed by atoms with Crippen molar-refractivity contribution in [3.8, 4) is 0 Å². The lowest BCUT2D eigenvalue weighted by Gasteiger charge is -2.55. The van der Waals surface area contributed by atoms with Crippen LogP contribution in [0.2, 0.25) is 0 Å².